The molecule has 1 aliphatic carbocycles. The highest BCUT2D eigenvalue weighted by atomic mass is 16.1. The van der Waals surface area contributed by atoms with Crippen LogP contribution in [-0.2, 0) is 19.5 Å². The number of pyridine rings is 1. The Labute approximate surface area is 178 Å². The monoisotopic (exact) mass is 407 g/mol. The molecule has 0 amide bonds. The van der Waals surface area contributed by atoms with Crippen LogP contribution in [0.3, 0.4) is 0 Å². The Morgan fingerprint density at radius 2 is 1.80 bits per heavy atom. The van der Waals surface area contributed by atoms with Gasteiger partial charge in [-0.25, -0.2) is 9.97 Å². The lowest BCUT2D eigenvalue weighted by atomic mass is 9.88. The third-order valence-electron chi connectivity index (χ3n) is 7.05. The quantitative estimate of drug-likeness (QED) is 0.836. The summed E-state index contributed by atoms with van der Waals surface area (Å²) in [6, 6.07) is 4.35. The summed E-state index contributed by atoms with van der Waals surface area (Å²) in [5.41, 5.74) is 3.17. The maximum atomic E-state index is 12.8. The van der Waals surface area contributed by atoms with Crippen molar-refractivity contribution in [2.45, 2.75) is 76.8 Å². The summed E-state index contributed by atoms with van der Waals surface area (Å²) in [6.07, 6.45) is 12.9. The van der Waals surface area contributed by atoms with Gasteiger partial charge in [-0.15, -0.1) is 0 Å². The third-order valence-corrected chi connectivity index (χ3v) is 7.05. The first kappa shape index (κ1) is 19.7. The molecule has 4 heterocycles. The van der Waals surface area contributed by atoms with Crippen LogP contribution in [0.1, 0.15) is 79.9 Å². The first-order valence-electron chi connectivity index (χ1n) is 11.8. The highest BCUT2D eigenvalue weighted by Crippen LogP contribution is 2.31. The van der Waals surface area contributed by atoms with E-state index in [4.69, 9.17) is 9.97 Å². The van der Waals surface area contributed by atoms with Gasteiger partial charge >= 0.3 is 0 Å². The Hall–Kier alpha value is -2.21. The second kappa shape index (κ2) is 8.88. The predicted molar refractivity (Wildman–Crippen MR) is 119 cm³/mol. The molecular weight excluding hydrogens is 374 g/mol. The Kier molecular flexibility index (Phi) is 5.84. The van der Waals surface area contributed by atoms with E-state index in [2.05, 4.69) is 26.9 Å². The normalized spacial score (nSPS) is 20.9. The zero-order valence-electron chi connectivity index (χ0n) is 17.9. The lowest BCUT2D eigenvalue weighted by Crippen LogP contribution is -2.36. The number of piperidine rings is 1. The maximum absolute atomic E-state index is 12.8. The molecule has 0 spiro atoms. The van der Waals surface area contributed by atoms with Gasteiger partial charge in [-0.05, 0) is 43.7 Å². The van der Waals surface area contributed by atoms with Gasteiger partial charge < -0.3 is 9.88 Å². The number of aromatic amines is 1. The van der Waals surface area contributed by atoms with Crippen molar-refractivity contribution in [2.24, 2.45) is 0 Å². The summed E-state index contributed by atoms with van der Waals surface area (Å²) in [4.78, 5) is 30.3. The lowest BCUT2D eigenvalue weighted by Gasteiger charge is -2.29. The minimum atomic E-state index is 0.0730. The molecule has 0 aromatic carbocycles. The summed E-state index contributed by atoms with van der Waals surface area (Å²) in [6.45, 7) is 4.69. The molecule has 6 nitrogen and oxygen atoms in total. The number of hydrogen-bond acceptors (Lipinski definition) is 5. The Bertz CT molecular complexity index is 910. The molecule has 0 atom stereocenters. The largest absolute Gasteiger partial charge is 0.357 e. The topological polar surface area (TPSA) is 65.1 Å². The summed E-state index contributed by atoms with van der Waals surface area (Å²) in [5.74, 6) is 2.47. The van der Waals surface area contributed by atoms with Crippen LogP contribution in [0.2, 0.25) is 0 Å². The average Bonchev–Trinajstić information content (AvgIpc) is 2.81. The highest BCUT2D eigenvalue weighted by Gasteiger charge is 2.24. The lowest BCUT2D eigenvalue weighted by molar-refractivity contribution is 0.240. The van der Waals surface area contributed by atoms with Crippen molar-refractivity contribution in [3.8, 4) is 0 Å². The van der Waals surface area contributed by atoms with Crippen LogP contribution in [0.15, 0.2) is 23.1 Å². The first-order chi connectivity index (χ1) is 14.8. The van der Waals surface area contributed by atoms with Crippen molar-refractivity contribution < 1.29 is 0 Å². The standard InChI is InChI=1S/C24H33N5O/c30-24-20-17-28(14-11-21(20)26-23(27-24)19-7-3-1-4-8-19)16-18-9-10-22(25-15-18)29-12-5-2-6-13-29/h9-10,15,19H,1-8,11-14,16-17H2,(H,26,27,30). The fourth-order valence-electron chi connectivity index (χ4n) is 5.28. The average molecular weight is 408 g/mol. The minimum absolute atomic E-state index is 0.0730. The van der Waals surface area contributed by atoms with E-state index in [0.29, 0.717) is 12.5 Å². The van der Waals surface area contributed by atoms with Crippen LogP contribution in [0.4, 0.5) is 5.82 Å². The van der Waals surface area contributed by atoms with E-state index in [9.17, 15) is 4.79 Å². The van der Waals surface area contributed by atoms with Crippen LogP contribution in [0.5, 0.6) is 0 Å². The molecule has 3 aliphatic rings. The molecule has 0 radical (unpaired) electrons. The Balaban J connectivity index is 1.25. The number of rotatable bonds is 4. The number of hydrogen-bond donors (Lipinski definition) is 1. The molecule has 5 rings (SSSR count). The van der Waals surface area contributed by atoms with Gasteiger partial charge in [0.05, 0.1) is 11.3 Å². The van der Waals surface area contributed by atoms with Gasteiger partial charge in [-0.2, -0.15) is 0 Å². The van der Waals surface area contributed by atoms with Crippen molar-refractivity contribution in [3.63, 3.8) is 0 Å². The zero-order valence-corrected chi connectivity index (χ0v) is 17.9. The third kappa shape index (κ3) is 4.29. The zero-order chi connectivity index (χ0) is 20.3. The van der Waals surface area contributed by atoms with E-state index in [-0.39, 0.29) is 5.56 Å². The first-order valence-corrected chi connectivity index (χ1v) is 11.8. The molecular formula is C24H33N5O. The number of nitrogens with zero attached hydrogens (tertiary/aromatic N) is 4. The minimum Gasteiger partial charge on any atom is -0.357 e. The van der Waals surface area contributed by atoms with E-state index in [1.165, 1.54) is 44.1 Å². The number of fused-ring (bicyclic) bond motifs is 1. The van der Waals surface area contributed by atoms with Crippen molar-refractivity contribution in [1.82, 2.24) is 19.9 Å². The van der Waals surface area contributed by atoms with Crippen LogP contribution in [0.25, 0.3) is 0 Å². The number of H-pyrrole nitrogens is 1. The molecule has 160 valence electrons. The number of anilines is 1. The molecule has 0 unspecified atom stereocenters. The van der Waals surface area contributed by atoms with E-state index in [0.717, 1.165) is 68.3 Å². The smallest absolute Gasteiger partial charge is 0.255 e. The van der Waals surface area contributed by atoms with Gasteiger partial charge in [0.1, 0.15) is 11.6 Å². The van der Waals surface area contributed by atoms with Crippen molar-refractivity contribution in [1.29, 1.82) is 0 Å². The van der Waals surface area contributed by atoms with Gasteiger partial charge in [-0.3, -0.25) is 9.69 Å². The SMILES string of the molecule is O=c1[nH]c(C2CCCCC2)nc2c1CN(Cc1ccc(N3CCCCC3)nc1)CC2. The second-order valence-electron chi connectivity index (χ2n) is 9.24. The van der Waals surface area contributed by atoms with Crippen molar-refractivity contribution in [2.75, 3.05) is 24.5 Å². The molecule has 2 aromatic rings. The van der Waals surface area contributed by atoms with E-state index < -0.39 is 0 Å². The maximum Gasteiger partial charge on any atom is 0.255 e. The molecule has 2 fully saturated rings. The molecule has 0 bridgehead atoms. The van der Waals surface area contributed by atoms with E-state index in [1.54, 1.807) is 0 Å². The molecule has 1 saturated heterocycles. The van der Waals surface area contributed by atoms with Crippen LogP contribution in [0, 0.1) is 0 Å². The Morgan fingerprint density at radius 1 is 1.00 bits per heavy atom. The van der Waals surface area contributed by atoms with Crippen molar-refractivity contribution >= 4 is 5.82 Å². The molecule has 2 aromatic heterocycles. The fraction of sp³-hybridized carbons (Fsp3) is 0.625. The molecule has 6 heteroatoms. The second-order valence-corrected chi connectivity index (χ2v) is 9.24. The molecule has 1 N–H and O–H groups in total. The summed E-state index contributed by atoms with van der Waals surface area (Å²) in [5, 5.41) is 0. The van der Waals surface area contributed by atoms with Crippen LogP contribution >= 0.6 is 0 Å². The number of aromatic nitrogens is 3. The molecule has 1 saturated carbocycles. The molecule has 30 heavy (non-hydrogen) atoms. The van der Waals surface area contributed by atoms with E-state index >= 15 is 0 Å². The van der Waals surface area contributed by atoms with Gasteiger partial charge in [0.15, 0.2) is 0 Å². The van der Waals surface area contributed by atoms with E-state index in [1.807, 2.05) is 6.20 Å². The Morgan fingerprint density at radius 3 is 2.57 bits per heavy atom. The highest BCUT2D eigenvalue weighted by molar-refractivity contribution is 5.39. The van der Waals surface area contributed by atoms with Crippen LogP contribution in [-0.4, -0.2) is 39.5 Å². The summed E-state index contributed by atoms with van der Waals surface area (Å²) >= 11 is 0. The van der Waals surface area contributed by atoms with Gasteiger partial charge in [-0.1, -0.05) is 25.3 Å². The summed E-state index contributed by atoms with van der Waals surface area (Å²) < 4.78 is 0. The van der Waals surface area contributed by atoms with Crippen molar-refractivity contribution in [3.05, 3.63) is 51.3 Å². The van der Waals surface area contributed by atoms with Gasteiger partial charge in [0.2, 0.25) is 0 Å². The molecule has 2 aliphatic heterocycles. The summed E-state index contributed by atoms with van der Waals surface area (Å²) in [7, 11) is 0. The van der Waals surface area contributed by atoms with Gasteiger partial charge in [0, 0.05) is 51.3 Å². The van der Waals surface area contributed by atoms with Crippen LogP contribution < -0.4 is 10.5 Å². The number of nitrogens with one attached hydrogen (secondary N) is 1. The van der Waals surface area contributed by atoms with Gasteiger partial charge in [0.25, 0.3) is 5.56 Å². The fourth-order valence-corrected chi connectivity index (χ4v) is 5.28. The predicted octanol–water partition coefficient (Wildman–Crippen LogP) is 3.76.